The first-order valence-corrected chi connectivity index (χ1v) is 8.16. The molecule has 1 aromatic rings. The highest BCUT2D eigenvalue weighted by Gasteiger charge is 2.23. The summed E-state index contributed by atoms with van der Waals surface area (Å²) < 4.78 is 5.73. The molecular weight excluding hydrogens is 264 g/mol. The fraction of sp³-hybridized carbons (Fsp3) is 0.647. The van der Waals surface area contributed by atoms with Gasteiger partial charge in [0.05, 0.1) is 24.6 Å². The lowest BCUT2D eigenvalue weighted by Crippen LogP contribution is -2.39. The number of rotatable bonds is 7. The molecule has 0 radical (unpaired) electrons. The number of nitrogens with two attached hydrogens (primary N) is 1. The summed E-state index contributed by atoms with van der Waals surface area (Å²) >= 11 is 0. The molecule has 3 N–H and O–H groups in total. The van der Waals surface area contributed by atoms with Crippen LogP contribution in [0.3, 0.4) is 0 Å². The number of nitrogen functional groups attached to an aromatic ring is 1. The van der Waals surface area contributed by atoms with E-state index in [4.69, 9.17) is 10.5 Å². The molecule has 0 aromatic heterocycles. The van der Waals surface area contributed by atoms with Crippen LogP contribution in [-0.2, 0) is 0 Å². The highest BCUT2D eigenvalue weighted by atomic mass is 16.5. The zero-order valence-electron chi connectivity index (χ0n) is 13.1. The standard InChI is InChI=1S/C17H28N2O2/c1-2-13-21-16-10-6-9-15(17(16)18)19(11-12-20)14-7-4-3-5-8-14/h6,9-10,14,20H,2-5,7-8,11-13,18H2,1H3. The Labute approximate surface area is 127 Å². The summed E-state index contributed by atoms with van der Waals surface area (Å²) in [6.45, 7) is 3.54. The second kappa shape index (κ2) is 8.13. The van der Waals surface area contributed by atoms with Crippen LogP contribution in [0.15, 0.2) is 18.2 Å². The Hall–Kier alpha value is -1.42. The Morgan fingerprint density at radius 3 is 2.71 bits per heavy atom. The second-order valence-corrected chi connectivity index (χ2v) is 5.75. The number of ether oxygens (including phenoxy) is 1. The average molecular weight is 292 g/mol. The number of aliphatic hydroxyl groups excluding tert-OH is 1. The minimum Gasteiger partial charge on any atom is -0.491 e. The number of nitrogens with zero attached hydrogens (tertiary/aromatic N) is 1. The van der Waals surface area contributed by atoms with Crippen molar-refractivity contribution < 1.29 is 9.84 Å². The third-order valence-electron chi connectivity index (χ3n) is 4.17. The maximum Gasteiger partial charge on any atom is 0.144 e. The van der Waals surface area contributed by atoms with Crippen molar-refractivity contribution in [3.8, 4) is 5.75 Å². The largest absolute Gasteiger partial charge is 0.491 e. The first-order valence-electron chi connectivity index (χ1n) is 8.16. The molecular formula is C17H28N2O2. The minimum absolute atomic E-state index is 0.149. The van der Waals surface area contributed by atoms with Gasteiger partial charge in [-0.1, -0.05) is 32.3 Å². The van der Waals surface area contributed by atoms with Crippen molar-refractivity contribution in [2.75, 3.05) is 30.4 Å². The van der Waals surface area contributed by atoms with Crippen molar-refractivity contribution in [2.24, 2.45) is 0 Å². The molecule has 1 fully saturated rings. The molecule has 1 aliphatic rings. The lowest BCUT2D eigenvalue weighted by Gasteiger charge is -2.36. The van der Waals surface area contributed by atoms with Gasteiger partial charge in [-0.3, -0.25) is 0 Å². The van der Waals surface area contributed by atoms with Gasteiger partial charge in [0, 0.05) is 12.6 Å². The first-order chi connectivity index (χ1) is 10.3. The molecule has 1 aliphatic carbocycles. The molecule has 0 aliphatic heterocycles. The highest BCUT2D eigenvalue weighted by molar-refractivity contribution is 5.74. The van der Waals surface area contributed by atoms with E-state index < -0.39 is 0 Å². The normalized spacial score (nSPS) is 15.9. The van der Waals surface area contributed by atoms with E-state index in [-0.39, 0.29) is 6.61 Å². The van der Waals surface area contributed by atoms with E-state index >= 15 is 0 Å². The van der Waals surface area contributed by atoms with Crippen LogP contribution in [0.1, 0.15) is 45.4 Å². The van der Waals surface area contributed by atoms with E-state index in [9.17, 15) is 5.11 Å². The van der Waals surface area contributed by atoms with Gasteiger partial charge in [-0.05, 0) is 31.4 Å². The molecule has 0 unspecified atom stereocenters. The van der Waals surface area contributed by atoms with Crippen LogP contribution in [0.4, 0.5) is 11.4 Å². The predicted molar refractivity (Wildman–Crippen MR) is 87.9 cm³/mol. The van der Waals surface area contributed by atoms with Crippen LogP contribution >= 0.6 is 0 Å². The summed E-state index contributed by atoms with van der Waals surface area (Å²) in [4.78, 5) is 2.27. The fourth-order valence-corrected chi connectivity index (χ4v) is 3.12. The second-order valence-electron chi connectivity index (χ2n) is 5.75. The Morgan fingerprint density at radius 2 is 2.05 bits per heavy atom. The summed E-state index contributed by atoms with van der Waals surface area (Å²) in [7, 11) is 0. The van der Waals surface area contributed by atoms with Gasteiger partial charge >= 0.3 is 0 Å². The van der Waals surface area contributed by atoms with Crippen LogP contribution in [0.2, 0.25) is 0 Å². The third-order valence-corrected chi connectivity index (χ3v) is 4.17. The molecule has 0 atom stereocenters. The van der Waals surface area contributed by atoms with Gasteiger partial charge in [0.25, 0.3) is 0 Å². The molecule has 0 bridgehead atoms. The predicted octanol–water partition coefficient (Wildman–Crippen LogP) is 3.19. The summed E-state index contributed by atoms with van der Waals surface area (Å²) in [5, 5.41) is 9.42. The Balaban J connectivity index is 2.22. The number of hydrogen-bond acceptors (Lipinski definition) is 4. The average Bonchev–Trinajstić information content (AvgIpc) is 2.53. The van der Waals surface area contributed by atoms with E-state index in [1.807, 2.05) is 18.2 Å². The van der Waals surface area contributed by atoms with Gasteiger partial charge in [0.15, 0.2) is 0 Å². The molecule has 0 amide bonds. The van der Waals surface area contributed by atoms with Gasteiger partial charge in [0.2, 0.25) is 0 Å². The Bertz CT molecular complexity index is 431. The van der Waals surface area contributed by atoms with E-state index in [2.05, 4.69) is 11.8 Å². The van der Waals surface area contributed by atoms with Gasteiger partial charge in [-0.15, -0.1) is 0 Å². The summed E-state index contributed by atoms with van der Waals surface area (Å²) in [5.41, 5.74) is 8.02. The lowest BCUT2D eigenvalue weighted by molar-refractivity contribution is 0.289. The molecule has 4 nitrogen and oxygen atoms in total. The van der Waals surface area contributed by atoms with Crippen LogP contribution in [0, 0.1) is 0 Å². The van der Waals surface area contributed by atoms with Crippen molar-refractivity contribution in [1.82, 2.24) is 0 Å². The first kappa shape index (κ1) is 16.0. The van der Waals surface area contributed by atoms with E-state index in [0.717, 1.165) is 17.9 Å². The Morgan fingerprint density at radius 1 is 1.29 bits per heavy atom. The maximum absolute atomic E-state index is 9.42. The van der Waals surface area contributed by atoms with Crippen LogP contribution in [-0.4, -0.2) is 30.9 Å². The van der Waals surface area contributed by atoms with Crippen molar-refractivity contribution in [3.63, 3.8) is 0 Å². The van der Waals surface area contributed by atoms with Gasteiger partial charge in [-0.25, -0.2) is 0 Å². The molecule has 0 saturated heterocycles. The van der Waals surface area contributed by atoms with E-state index in [1.54, 1.807) is 0 Å². The quantitative estimate of drug-likeness (QED) is 0.758. The fourth-order valence-electron chi connectivity index (χ4n) is 3.12. The third kappa shape index (κ3) is 4.03. The maximum atomic E-state index is 9.42. The molecule has 0 heterocycles. The van der Waals surface area contributed by atoms with E-state index in [1.165, 1.54) is 32.1 Å². The van der Waals surface area contributed by atoms with Gasteiger partial charge < -0.3 is 20.5 Å². The Kier molecular flexibility index (Phi) is 6.18. The molecule has 118 valence electrons. The number of aliphatic hydroxyl groups is 1. The highest BCUT2D eigenvalue weighted by Crippen LogP contribution is 2.36. The smallest absolute Gasteiger partial charge is 0.144 e. The monoisotopic (exact) mass is 292 g/mol. The van der Waals surface area contributed by atoms with Gasteiger partial charge in [-0.2, -0.15) is 0 Å². The topological polar surface area (TPSA) is 58.7 Å². The van der Waals surface area contributed by atoms with Crippen LogP contribution in [0.25, 0.3) is 0 Å². The van der Waals surface area contributed by atoms with Crippen molar-refractivity contribution in [1.29, 1.82) is 0 Å². The SMILES string of the molecule is CCCOc1cccc(N(CCO)C2CCCCC2)c1N. The van der Waals surface area contributed by atoms with Crippen molar-refractivity contribution in [2.45, 2.75) is 51.5 Å². The van der Waals surface area contributed by atoms with Crippen LogP contribution < -0.4 is 15.4 Å². The molecule has 0 spiro atoms. The summed E-state index contributed by atoms with van der Waals surface area (Å²) in [6, 6.07) is 6.43. The van der Waals surface area contributed by atoms with Crippen molar-refractivity contribution >= 4 is 11.4 Å². The number of hydrogen-bond donors (Lipinski definition) is 2. The lowest BCUT2D eigenvalue weighted by atomic mass is 9.93. The molecule has 2 rings (SSSR count). The zero-order valence-corrected chi connectivity index (χ0v) is 13.1. The summed E-state index contributed by atoms with van der Waals surface area (Å²) in [6.07, 6.45) is 7.17. The number of benzene rings is 1. The van der Waals surface area contributed by atoms with Crippen LogP contribution in [0.5, 0.6) is 5.75 Å². The molecule has 4 heteroatoms. The minimum atomic E-state index is 0.149. The molecule has 21 heavy (non-hydrogen) atoms. The van der Waals surface area contributed by atoms with E-state index in [0.29, 0.717) is 24.9 Å². The summed E-state index contributed by atoms with van der Waals surface area (Å²) in [5.74, 6) is 0.757. The zero-order chi connectivity index (χ0) is 15.1. The number of para-hydroxylation sites is 1. The molecule has 1 saturated carbocycles. The molecule has 1 aromatic carbocycles. The van der Waals surface area contributed by atoms with Crippen molar-refractivity contribution in [3.05, 3.63) is 18.2 Å². The van der Waals surface area contributed by atoms with Gasteiger partial charge in [0.1, 0.15) is 5.75 Å². The number of anilines is 2.